The Kier molecular flexibility index (Phi) is 6.30. The maximum absolute atomic E-state index is 13.5. The van der Waals surface area contributed by atoms with E-state index in [1.807, 2.05) is 13.8 Å². The predicted molar refractivity (Wildman–Crippen MR) is 131 cm³/mol. The van der Waals surface area contributed by atoms with E-state index < -0.39 is 16.5 Å². The average Bonchev–Trinajstić information content (AvgIpc) is 3.14. The highest BCUT2D eigenvalue weighted by molar-refractivity contribution is 7.89. The topological polar surface area (TPSA) is 113 Å². The van der Waals surface area contributed by atoms with Crippen LogP contribution in [-0.2, 0) is 23.5 Å². The summed E-state index contributed by atoms with van der Waals surface area (Å²) in [5.74, 6) is 0.617. The van der Waals surface area contributed by atoms with Crippen molar-refractivity contribution in [3.63, 3.8) is 0 Å². The van der Waals surface area contributed by atoms with E-state index in [4.69, 9.17) is 7.48 Å². The smallest absolute Gasteiger partial charge is 0.277 e. The molecule has 0 radical (unpaired) electrons. The maximum Gasteiger partial charge on any atom is 0.277 e. The minimum absolute atomic E-state index is 0.0524. The van der Waals surface area contributed by atoms with E-state index in [1.54, 1.807) is 18.0 Å². The van der Waals surface area contributed by atoms with Crippen LogP contribution in [0, 0.1) is 0 Å². The van der Waals surface area contributed by atoms with Crippen molar-refractivity contribution < 1.29 is 15.9 Å². The molecule has 2 aromatic heterocycles. The van der Waals surface area contributed by atoms with Gasteiger partial charge in [0.2, 0.25) is 10.0 Å². The average molecular weight is 491 g/mol. The number of benzene rings is 1. The Morgan fingerprint density at radius 3 is 2.56 bits per heavy atom. The first-order chi connectivity index (χ1) is 17.0. The Morgan fingerprint density at radius 1 is 1.18 bits per heavy atom. The molecular formula is C23H32N6O4S. The summed E-state index contributed by atoms with van der Waals surface area (Å²) in [5.41, 5.74) is 1.55. The van der Waals surface area contributed by atoms with Crippen molar-refractivity contribution in [1.82, 2.24) is 29.0 Å². The Hall–Kier alpha value is -2.76. The number of sulfonamides is 1. The highest BCUT2D eigenvalue weighted by Gasteiger charge is 2.29. The van der Waals surface area contributed by atoms with E-state index in [0.29, 0.717) is 54.2 Å². The third kappa shape index (κ3) is 4.47. The minimum Gasteiger partial charge on any atom is -0.493 e. The fraction of sp³-hybridized carbons (Fsp3) is 0.522. The third-order valence-electron chi connectivity index (χ3n) is 5.95. The van der Waals surface area contributed by atoms with E-state index in [1.165, 1.54) is 28.0 Å². The molecule has 4 rings (SSSR count). The lowest BCUT2D eigenvalue weighted by molar-refractivity contribution is 0.196. The second-order valence-electron chi connectivity index (χ2n) is 8.14. The first kappa shape index (κ1) is 21.8. The van der Waals surface area contributed by atoms with Crippen molar-refractivity contribution in [3.8, 4) is 17.1 Å². The quantitative estimate of drug-likeness (QED) is 0.514. The molecule has 184 valence electrons. The number of nitrogens with zero attached hydrogens (tertiary/aromatic N) is 5. The number of hydrogen-bond acceptors (Lipinski definition) is 7. The van der Waals surface area contributed by atoms with Gasteiger partial charge in [0.1, 0.15) is 17.1 Å². The SMILES string of the molecule is [2H]C([2H])(C)N1CCN(S(=O)(=O)c2ccc(OCC)c(-c3nc4c(CCC)nn(C)c4c(=O)[nH]3)c2)CC1. The number of ether oxygens (including phenoxy) is 1. The van der Waals surface area contributed by atoms with E-state index >= 15 is 0 Å². The number of H-pyrrole nitrogens is 1. The molecule has 3 aromatic rings. The van der Waals surface area contributed by atoms with Crippen LogP contribution >= 0.6 is 0 Å². The lowest BCUT2D eigenvalue weighted by Crippen LogP contribution is -2.48. The fourth-order valence-corrected chi connectivity index (χ4v) is 5.67. The van der Waals surface area contributed by atoms with Gasteiger partial charge in [-0.05, 0) is 38.0 Å². The summed E-state index contributed by atoms with van der Waals surface area (Å²) < 4.78 is 51.4. The van der Waals surface area contributed by atoms with Crippen LogP contribution in [0.25, 0.3) is 22.4 Å². The number of aryl methyl sites for hydroxylation is 2. The van der Waals surface area contributed by atoms with Crippen LogP contribution in [0.3, 0.4) is 0 Å². The van der Waals surface area contributed by atoms with Crippen molar-refractivity contribution in [2.24, 2.45) is 7.05 Å². The fourth-order valence-electron chi connectivity index (χ4n) is 4.22. The van der Waals surface area contributed by atoms with Gasteiger partial charge in [-0.25, -0.2) is 13.4 Å². The highest BCUT2D eigenvalue weighted by atomic mass is 32.2. The van der Waals surface area contributed by atoms with E-state index in [9.17, 15) is 13.2 Å². The van der Waals surface area contributed by atoms with Gasteiger partial charge in [0, 0.05) is 36.0 Å². The van der Waals surface area contributed by atoms with E-state index in [2.05, 4.69) is 15.1 Å². The molecule has 3 heterocycles. The number of piperazine rings is 1. The molecule has 0 spiro atoms. The molecule has 10 nitrogen and oxygen atoms in total. The lowest BCUT2D eigenvalue weighted by atomic mass is 10.1. The van der Waals surface area contributed by atoms with Crippen LogP contribution in [0.5, 0.6) is 5.75 Å². The molecule has 1 saturated heterocycles. The Labute approximate surface area is 202 Å². The number of fused-ring (bicyclic) bond motifs is 1. The normalized spacial score (nSPS) is 17.1. The zero-order valence-corrected chi connectivity index (χ0v) is 20.8. The Bertz CT molecular complexity index is 1420. The number of aromatic amines is 1. The molecule has 0 saturated carbocycles. The molecule has 1 fully saturated rings. The van der Waals surface area contributed by atoms with E-state index in [-0.39, 0.29) is 29.4 Å². The molecule has 1 aliphatic heterocycles. The number of likely N-dealkylation sites (N-methyl/N-ethyl adjacent to an activating group) is 1. The first-order valence-electron chi connectivity index (χ1n) is 12.5. The molecule has 1 aromatic carbocycles. The zero-order chi connectivity index (χ0) is 26.3. The summed E-state index contributed by atoms with van der Waals surface area (Å²) in [6, 6.07) is 4.54. The lowest BCUT2D eigenvalue weighted by Gasteiger charge is -2.33. The van der Waals surface area contributed by atoms with Crippen LogP contribution in [0.1, 0.15) is 35.6 Å². The van der Waals surface area contributed by atoms with E-state index in [0.717, 1.165) is 6.42 Å². The summed E-state index contributed by atoms with van der Waals surface area (Å²) in [7, 11) is -2.17. The van der Waals surface area contributed by atoms with Gasteiger partial charge in [0.05, 0.1) is 22.8 Å². The monoisotopic (exact) mass is 490 g/mol. The first-order valence-corrected chi connectivity index (χ1v) is 12.9. The van der Waals surface area contributed by atoms with Crippen LogP contribution in [0.4, 0.5) is 0 Å². The zero-order valence-electron chi connectivity index (χ0n) is 22.0. The van der Waals surface area contributed by atoms with Crippen LogP contribution in [0.15, 0.2) is 27.9 Å². The van der Waals surface area contributed by atoms with Crippen LogP contribution in [-0.4, -0.2) is 76.7 Å². The molecule has 0 aliphatic carbocycles. The van der Waals surface area contributed by atoms with Crippen molar-refractivity contribution in [1.29, 1.82) is 0 Å². The van der Waals surface area contributed by atoms with Gasteiger partial charge in [-0.3, -0.25) is 9.48 Å². The summed E-state index contributed by atoms with van der Waals surface area (Å²) in [4.78, 5) is 22.1. The van der Waals surface area contributed by atoms with Crippen LogP contribution < -0.4 is 10.3 Å². The second kappa shape index (κ2) is 9.85. The van der Waals surface area contributed by atoms with Gasteiger partial charge in [0.15, 0.2) is 5.52 Å². The molecule has 1 aliphatic rings. The van der Waals surface area contributed by atoms with Crippen molar-refractivity contribution in [2.75, 3.05) is 39.3 Å². The molecule has 0 amide bonds. The predicted octanol–water partition coefficient (Wildman–Crippen LogP) is 2.00. The van der Waals surface area contributed by atoms with Crippen molar-refractivity contribution in [3.05, 3.63) is 34.2 Å². The van der Waals surface area contributed by atoms with Crippen LogP contribution in [0.2, 0.25) is 0 Å². The van der Waals surface area contributed by atoms with Crippen molar-refractivity contribution >= 4 is 21.1 Å². The van der Waals surface area contributed by atoms with Gasteiger partial charge in [0.25, 0.3) is 5.56 Å². The summed E-state index contributed by atoms with van der Waals surface area (Å²) in [5, 5.41) is 4.44. The molecule has 34 heavy (non-hydrogen) atoms. The maximum atomic E-state index is 13.5. The molecule has 0 unspecified atom stereocenters. The molecule has 0 atom stereocenters. The largest absolute Gasteiger partial charge is 0.493 e. The third-order valence-corrected chi connectivity index (χ3v) is 7.84. The summed E-state index contributed by atoms with van der Waals surface area (Å²) in [6.07, 6.45) is 1.49. The molecular weight excluding hydrogens is 456 g/mol. The number of aromatic nitrogens is 4. The highest BCUT2D eigenvalue weighted by Crippen LogP contribution is 2.32. The molecule has 0 bridgehead atoms. The Morgan fingerprint density at radius 2 is 1.91 bits per heavy atom. The van der Waals surface area contributed by atoms with Gasteiger partial charge in [-0.1, -0.05) is 20.3 Å². The molecule has 11 heteroatoms. The summed E-state index contributed by atoms with van der Waals surface area (Å²) in [6.45, 7) is 5.07. The standard InChI is InChI=1S/C23H32N6O4S/c1-5-8-18-20-21(27(4)26-18)23(30)25-22(24-20)17-15-16(9-10-19(17)33-7-3)34(31,32)29-13-11-28(6-2)12-14-29/h9-10,15H,5-8,11-14H2,1-4H3,(H,24,25,30)/i6D2. The van der Waals surface area contributed by atoms with Gasteiger partial charge in [-0.2, -0.15) is 9.40 Å². The number of rotatable bonds is 8. The number of nitrogens with one attached hydrogen (secondary N) is 1. The van der Waals surface area contributed by atoms with Gasteiger partial charge < -0.3 is 14.6 Å². The van der Waals surface area contributed by atoms with Gasteiger partial charge >= 0.3 is 0 Å². The van der Waals surface area contributed by atoms with Gasteiger partial charge in [-0.15, -0.1) is 0 Å². The summed E-state index contributed by atoms with van der Waals surface area (Å²) >= 11 is 0. The second-order valence-corrected chi connectivity index (χ2v) is 10.1. The number of hydrogen-bond donors (Lipinski definition) is 1. The molecule has 1 N–H and O–H groups in total. The van der Waals surface area contributed by atoms with Crippen molar-refractivity contribution in [2.45, 2.75) is 38.5 Å². The Balaban J connectivity index is 1.77. The minimum atomic E-state index is -3.87.